The van der Waals surface area contributed by atoms with Crippen LogP contribution in [0.2, 0.25) is 0 Å². The molecule has 1 saturated heterocycles. The van der Waals surface area contributed by atoms with Crippen LogP contribution in [-0.4, -0.2) is 17.6 Å². The maximum atomic E-state index is 13.9. The maximum Gasteiger partial charge on any atom is 0.416 e. The van der Waals surface area contributed by atoms with Crippen molar-refractivity contribution in [3.63, 3.8) is 0 Å². The number of hydrogen-bond donors (Lipinski definition) is 0. The maximum absolute atomic E-state index is 13.9. The van der Waals surface area contributed by atoms with Gasteiger partial charge >= 0.3 is 6.18 Å². The second-order valence-electron chi connectivity index (χ2n) is 9.08. The quantitative estimate of drug-likeness (QED) is 0.513. The number of carbonyl (C=O) groups is 3. The van der Waals surface area contributed by atoms with E-state index in [1.165, 1.54) is 19.1 Å². The largest absolute Gasteiger partial charge is 0.416 e. The summed E-state index contributed by atoms with van der Waals surface area (Å²) in [6, 6.07) is 18.9. The molecule has 0 saturated carbocycles. The van der Waals surface area contributed by atoms with E-state index in [9.17, 15) is 27.6 Å². The molecule has 7 heteroatoms. The van der Waals surface area contributed by atoms with Crippen molar-refractivity contribution in [2.45, 2.75) is 24.4 Å². The summed E-state index contributed by atoms with van der Waals surface area (Å²) in [6.07, 6.45) is -4.62. The molecule has 4 aliphatic rings. The molecule has 1 heterocycles. The summed E-state index contributed by atoms with van der Waals surface area (Å²) in [5.74, 6) is -3.86. The summed E-state index contributed by atoms with van der Waals surface area (Å²) >= 11 is 0. The first-order valence-electron chi connectivity index (χ1n) is 10.9. The van der Waals surface area contributed by atoms with Gasteiger partial charge in [0.05, 0.1) is 28.5 Å². The van der Waals surface area contributed by atoms with Crippen LogP contribution >= 0.6 is 0 Å². The lowest BCUT2D eigenvalue weighted by molar-refractivity contribution is -0.137. The van der Waals surface area contributed by atoms with Crippen molar-refractivity contribution in [3.05, 3.63) is 101 Å². The first-order chi connectivity index (χ1) is 16.2. The zero-order valence-corrected chi connectivity index (χ0v) is 18.0. The van der Waals surface area contributed by atoms with E-state index < -0.39 is 46.7 Å². The molecule has 3 aromatic carbocycles. The molecule has 3 aromatic rings. The summed E-state index contributed by atoms with van der Waals surface area (Å²) in [7, 11) is 0. The van der Waals surface area contributed by atoms with E-state index in [0.717, 1.165) is 28.2 Å². The Labute approximate surface area is 193 Å². The zero-order chi connectivity index (χ0) is 24.0. The molecule has 4 nitrogen and oxygen atoms in total. The first kappa shape index (κ1) is 20.8. The van der Waals surface area contributed by atoms with Crippen molar-refractivity contribution in [1.29, 1.82) is 0 Å². The highest BCUT2D eigenvalue weighted by Gasteiger charge is 2.70. The van der Waals surface area contributed by atoms with Gasteiger partial charge in [0.2, 0.25) is 11.8 Å². The third kappa shape index (κ3) is 2.36. The molecule has 1 fully saturated rings. The number of anilines is 1. The molecule has 2 amide bonds. The van der Waals surface area contributed by atoms with Crippen LogP contribution in [0.4, 0.5) is 18.9 Å². The van der Waals surface area contributed by atoms with Crippen LogP contribution in [0.25, 0.3) is 0 Å². The van der Waals surface area contributed by atoms with E-state index in [0.29, 0.717) is 11.1 Å². The third-order valence-corrected chi connectivity index (χ3v) is 7.61. The number of ketones is 1. The van der Waals surface area contributed by atoms with E-state index in [1.54, 1.807) is 12.1 Å². The van der Waals surface area contributed by atoms with E-state index >= 15 is 0 Å². The average molecular weight is 461 g/mol. The van der Waals surface area contributed by atoms with E-state index in [1.807, 2.05) is 36.4 Å². The molecule has 170 valence electrons. The predicted octanol–water partition coefficient (Wildman–Crippen LogP) is 4.85. The SMILES string of the molecule is CC(=O)C12c3ccccc3C(c3ccccc31)C1C(=O)N(c3cccc(C(F)(F)F)c3)C(=O)C12. The van der Waals surface area contributed by atoms with Gasteiger partial charge in [0.25, 0.3) is 0 Å². The summed E-state index contributed by atoms with van der Waals surface area (Å²) in [4.78, 5) is 42.0. The van der Waals surface area contributed by atoms with Gasteiger partial charge in [-0.3, -0.25) is 14.4 Å². The molecule has 0 N–H and O–H groups in total. The fourth-order valence-electron chi connectivity index (χ4n) is 6.45. The van der Waals surface area contributed by atoms with Gasteiger partial charge in [0.15, 0.2) is 0 Å². The van der Waals surface area contributed by atoms with Gasteiger partial charge in [-0.1, -0.05) is 54.6 Å². The number of rotatable bonds is 2. The number of carbonyl (C=O) groups excluding carboxylic acids is 3. The Kier molecular flexibility index (Phi) is 4.08. The lowest BCUT2D eigenvalue weighted by Crippen LogP contribution is -2.57. The van der Waals surface area contributed by atoms with Gasteiger partial charge in [-0.05, 0) is 47.4 Å². The summed E-state index contributed by atoms with van der Waals surface area (Å²) in [5.41, 5.74) is 0.547. The highest BCUT2D eigenvalue weighted by atomic mass is 19.4. The monoisotopic (exact) mass is 461 g/mol. The molecule has 2 unspecified atom stereocenters. The zero-order valence-electron chi connectivity index (χ0n) is 18.0. The normalized spacial score (nSPS) is 26.8. The second-order valence-corrected chi connectivity index (χ2v) is 9.08. The summed E-state index contributed by atoms with van der Waals surface area (Å²) < 4.78 is 40.1. The van der Waals surface area contributed by atoms with Crippen LogP contribution in [0, 0.1) is 11.8 Å². The van der Waals surface area contributed by atoms with Crippen molar-refractivity contribution in [2.24, 2.45) is 11.8 Å². The number of hydrogen-bond acceptors (Lipinski definition) is 3. The molecule has 2 bridgehead atoms. The Morgan fingerprint density at radius 3 is 2.00 bits per heavy atom. The van der Waals surface area contributed by atoms with Crippen molar-refractivity contribution in [1.82, 2.24) is 0 Å². The molecule has 0 radical (unpaired) electrons. The Morgan fingerprint density at radius 2 is 1.44 bits per heavy atom. The number of nitrogens with zero attached hydrogens (tertiary/aromatic N) is 1. The minimum Gasteiger partial charge on any atom is -0.299 e. The molecule has 7 rings (SSSR count). The topological polar surface area (TPSA) is 54.5 Å². The van der Waals surface area contributed by atoms with Crippen LogP contribution in [-0.2, 0) is 26.0 Å². The van der Waals surface area contributed by atoms with Gasteiger partial charge in [-0.2, -0.15) is 13.2 Å². The Balaban J connectivity index is 1.62. The smallest absolute Gasteiger partial charge is 0.299 e. The highest BCUT2D eigenvalue weighted by Crippen LogP contribution is 2.64. The summed E-state index contributed by atoms with van der Waals surface area (Å²) in [6.45, 7) is 1.42. The molecule has 34 heavy (non-hydrogen) atoms. The fourth-order valence-corrected chi connectivity index (χ4v) is 6.45. The summed E-state index contributed by atoms with van der Waals surface area (Å²) in [5, 5.41) is 0. The van der Waals surface area contributed by atoms with Crippen LogP contribution in [0.1, 0.15) is 40.7 Å². The van der Waals surface area contributed by atoms with Gasteiger partial charge in [0.1, 0.15) is 5.78 Å². The number of benzene rings is 3. The van der Waals surface area contributed by atoms with Crippen molar-refractivity contribution in [2.75, 3.05) is 4.90 Å². The number of halogens is 3. The molecular weight excluding hydrogens is 443 g/mol. The molecular formula is C27H18F3NO3. The fraction of sp³-hybridized carbons (Fsp3) is 0.222. The highest BCUT2D eigenvalue weighted by molar-refractivity contribution is 6.25. The lowest BCUT2D eigenvalue weighted by atomic mass is 9.46. The molecule has 2 atom stereocenters. The molecule has 3 aliphatic carbocycles. The molecule has 1 aliphatic heterocycles. The van der Waals surface area contributed by atoms with Crippen molar-refractivity contribution >= 4 is 23.3 Å². The van der Waals surface area contributed by atoms with Gasteiger partial charge in [0, 0.05) is 5.92 Å². The van der Waals surface area contributed by atoms with Gasteiger partial charge in [-0.25, -0.2) is 4.90 Å². The Bertz CT molecular complexity index is 1360. The number of alkyl halides is 3. The standard InChI is InChI=1S/C27H18F3NO3/c1-14(32)26-19-11-4-2-9-17(19)21(18-10-3-5-12-20(18)26)22-23(26)25(34)31(24(22)33)16-8-6-7-15(13-16)27(28,29)30/h2-13,21-23H,1H3. The number of amides is 2. The Hall–Kier alpha value is -3.74. The second kappa shape index (κ2) is 6.65. The minimum atomic E-state index is -4.62. The van der Waals surface area contributed by atoms with Crippen LogP contribution < -0.4 is 4.90 Å². The predicted molar refractivity (Wildman–Crippen MR) is 117 cm³/mol. The Morgan fingerprint density at radius 1 is 0.853 bits per heavy atom. The number of imide groups is 1. The van der Waals surface area contributed by atoms with Gasteiger partial charge < -0.3 is 0 Å². The number of Topliss-reactive ketones (excluding diaryl/α,β-unsaturated/α-hetero) is 1. The molecule has 0 spiro atoms. The molecule has 0 aromatic heterocycles. The van der Waals surface area contributed by atoms with Crippen LogP contribution in [0.15, 0.2) is 72.8 Å². The van der Waals surface area contributed by atoms with Crippen LogP contribution in [0.5, 0.6) is 0 Å². The van der Waals surface area contributed by atoms with E-state index in [4.69, 9.17) is 0 Å². The third-order valence-electron chi connectivity index (χ3n) is 7.61. The first-order valence-corrected chi connectivity index (χ1v) is 10.9. The van der Waals surface area contributed by atoms with Gasteiger partial charge in [-0.15, -0.1) is 0 Å². The van der Waals surface area contributed by atoms with E-state index in [-0.39, 0.29) is 11.5 Å². The lowest BCUT2D eigenvalue weighted by Gasteiger charge is -2.52. The van der Waals surface area contributed by atoms with Crippen LogP contribution in [0.3, 0.4) is 0 Å². The minimum absolute atomic E-state index is 0.134. The average Bonchev–Trinajstić information content (AvgIpc) is 3.09. The van der Waals surface area contributed by atoms with E-state index in [2.05, 4.69) is 0 Å². The van der Waals surface area contributed by atoms with Crippen molar-refractivity contribution in [3.8, 4) is 0 Å². The van der Waals surface area contributed by atoms with Crippen molar-refractivity contribution < 1.29 is 27.6 Å².